The van der Waals surface area contributed by atoms with Crippen LogP contribution in [0.15, 0.2) is 196 Å². The molecule has 54 heteroatoms. The number of nitrogens with two attached hydrogens (primary N) is 4. The minimum atomic E-state index is -3.96. The molecule has 14 rings (SSSR count). The molecule has 5 aromatic carbocycles. The van der Waals surface area contributed by atoms with Gasteiger partial charge < -0.3 is 101 Å². The predicted molar refractivity (Wildman–Crippen MR) is 535 cm³/mol. The zero-order valence-electron chi connectivity index (χ0n) is 77.8. The number of hydrogen-bond donors (Lipinski definition) is 8. The van der Waals surface area contributed by atoms with Crippen LogP contribution in [0.3, 0.4) is 0 Å². The SMILES string of the molecule is C=C1OC(COP(=O)(COCCn2cnc3c(=O)[nH]c(N)nc32)OCc2ccc(C)c(F)c2)=C(c2ccc(Cl)cc2)O1.CC(=O)SCCOP(=O)(COCCn1cnc2c(=O)[nH]c(N)nc21)OCc1ccccc1.CC(C)(C)C(=O)SCCOP(=O)(COCCn1cnc2c(=O)[nH]c(N)nc21)OCc1ccccc1.CCC(=O)SCCOP(=O)(COCCn1cnc2c(=O)[nH]c(N)nc21)OCc1ccccc1. The third kappa shape index (κ3) is 34.7. The van der Waals surface area contributed by atoms with Gasteiger partial charge in [0.1, 0.15) is 37.8 Å². The molecule has 0 amide bonds. The molecule has 0 fully saturated rings. The number of halogens is 2. The Hall–Kier alpha value is -11.5. The summed E-state index contributed by atoms with van der Waals surface area (Å²) in [6, 6.07) is 39.2. The second-order valence-corrected chi connectivity index (χ2v) is 43.3. The van der Waals surface area contributed by atoms with Gasteiger partial charge in [-0.1, -0.05) is 178 Å². The molecule has 760 valence electrons. The van der Waals surface area contributed by atoms with Crippen LogP contribution in [0, 0.1) is 18.2 Å². The van der Waals surface area contributed by atoms with Crippen LogP contribution >= 0.6 is 77.3 Å². The lowest BCUT2D eigenvalue weighted by Gasteiger charge is -2.20. The third-order valence-corrected chi connectivity index (χ3v) is 29.0. The van der Waals surface area contributed by atoms with Crippen molar-refractivity contribution in [2.24, 2.45) is 5.41 Å². The van der Waals surface area contributed by atoms with Crippen molar-refractivity contribution in [3.63, 3.8) is 0 Å². The summed E-state index contributed by atoms with van der Waals surface area (Å²) in [5.74, 6) is 1.11. The van der Waals surface area contributed by atoms with Crippen molar-refractivity contribution >= 4 is 167 Å². The summed E-state index contributed by atoms with van der Waals surface area (Å²) < 4.78 is 152. The minimum absolute atomic E-state index is 0.0122. The number of ether oxygens (including phenoxy) is 6. The summed E-state index contributed by atoms with van der Waals surface area (Å²) in [4.78, 5) is 124. The Morgan fingerprint density at radius 1 is 0.451 bits per heavy atom. The standard InChI is InChI=1S/C27H26ClFN5O7P.C22H30N5O6PS.C20H26N5O6PS.C19H24N5O6PS/c1-16-3-4-18(11-21(16)29)12-38-42(36,15-37-10-9-34-14-31-23-25(34)32-27(30)33-26(23)35)39-13-22-24(41-17(2)40-22)19-5-7-20(28)8-6-19;1-22(2,3)20(29)35-12-11-32-34(30,33-13-16-7-5-4-6-8-16)15-31-10-9-27-14-24-17-18(27)25-21(23)26-19(17)28;1-2-16(26)33-11-10-30-32(28,31-12-15-6-4-3-5-7-15)14-29-9-8-25-13-22-17-18(25)23-20(21)24-19(17)27;1-14(25)32-10-9-29-31(27,30-11-15-5-3-2-4-6-15)13-28-8-7-24-12-21-16-17(24)22-19(20)23-18(16)26/h3-8,11,14H,2,9-10,12-13,15H2,1H3,(H3,30,32,33,35);4-8,14H,9-13,15H2,1-3H3,(H3,23,25,26,28);3-7,13H,2,8-12,14H2,1H3,(H3,21,23,24,27);2-6,12H,7-11,13H2,1H3,(H3,20,22,23,26). The summed E-state index contributed by atoms with van der Waals surface area (Å²) in [6.07, 6.45) is 4.95. The van der Waals surface area contributed by atoms with E-state index < -0.39 is 70.2 Å². The van der Waals surface area contributed by atoms with E-state index in [1.165, 1.54) is 38.3 Å². The number of fused-ring (bicyclic) bond motifs is 4. The molecule has 0 aliphatic carbocycles. The maximum atomic E-state index is 14.1. The average molecular weight is 2120 g/mol. The molecule has 9 heterocycles. The lowest BCUT2D eigenvalue weighted by atomic mass is 10.00. The van der Waals surface area contributed by atoms with Crippen molar-refractivity contribution in [2.75, 3.05) is 118 Å². The maximum absolute atomic E-state index is 14.1. The fourth-order valence-corrected chi connectivity index (χ4v) is 19.7. The molecule has 4 unspecified atom stereocenters. The lowest BCUT2D eigenvalue weighted by molar-refractivity contribution is -0.117. The van der Waals surface area contributed by atoms with Gasteiger partial charge >= 0.3 is 30.4 Å². The number of imidazole rings is 4. The first-order valence-corrected chi connectivity index (χ1v) is 53.7. The summed E-state index contributed by atoms with van der Waals surface area (Å²) in [6.45, 7) is 15.6. The Bertz CT molecular complexity index is 6960. The molecule has 0 radical (unpaired) electrons. The van der Waals surface area contributed by atoms with Crippen LogP contribution in [0.1, 0.15) is 74.4 Å². The second kappa shape index (κ2) is 53.7. The summed E-state index contributed by atoms with van der Waals surface area (Å²) in [5, 5.41) is 0.548. The number of carbonyl (C=O) groups excluding carboxylic acids is 3. The Balaban J connectivity index is 0.000000182. The number of nitrogens with zero attached hydrogens (tertiary/aromatic N) is 12. The predicted octanol–water partition coefficient (Wildman–Crippen LogP) is 13.7. The first kappa shape index (κ1) is 111. The first-order chi connectivity index (χ1) is 67.9. The summed E-state index contributed by atoms with van der Waals surface area (Å²) >= 11 is 9.33. The number of nitrogen functional groups attached to an aromatic ring is 4. The first-order valence-electron chi connectivity index (χ1n) is 43.5. The van der Waals surface area contributed by atoms with Crippen LogP contribution in [-0.2, 0) is 150 Å². The van der Waals surface area contributed by atoms with Crippen LogP contribution in [-0.4, -0.2) is 189 Å². The highest BCUT2D eigenvalue weighted by atomic mass is 35.5. The molecule has 4 atom stereocenters. The zero-order valence-corrected chi connectivity index (χ0v) is 84.6. The van der Waals surface area contributed by atoms with Gasteiger partial charge in [-0.15, -0.1) is 0 Å². The normalized spacial score (nSPS) is 13.8. The van der Waals surface area contributed by atoms with E-state index in [4.69, 9.17) is 99.1 Å². The number of H-pyrrole nitrogens is 4. The van der Waals surface area contributed by atoms with Crippen LogP contribution in [0.25, 0.3) is 50.4 Å². The number of aromatic nitrogens is 16. The smallest absolute Gasteiger partial charge is 0.356 e. The van der Waals surface area contributed by atoms with Crippen molar-refractivity contribution in [3.05, 3.63) is 263 Å². The molecule has 142 heavy (non-hydrogen) atoms. The van der Waals surface area contributed by atoms with E-state index >= 15 is 0 Å². The molecule has 0 saturated heterocycles. The molecule has 8 aromatic heterocycles. The molecule has 0 spiro atoms. The van der Waals surface area contributed by atoms with E-state index in [0.29, 0.717) is 87.7 Å². The van der Waals surface area contributed by atoms with Crippen molar-refractivity contribution < 1.29 is 102 Å². The summed E-state index contributed by atoms with van der Waals surface area (Å²) in [5.41, 5.74) is 26.2. The number of aromatic amines is 4. The van der Waals surface area contributed by atoms with Gasteiger partial charge in [-0.25, -0.2) is 24.3 Å². The van der Waals surface area contributed by atoms with E-state index in [-0.39, 0.29) is 183 Å². The van der Waals surface area contributed by atoms with E-state index in [1.807, 2.05) is 112 Å². The Morgan fingerprint density at radius 3 is 1.12 bits per heavy atom. The monoisotopic (exact) mass is 2120 g/mol. The van der Waals surface area contributed by atoms with Gasteiger partial charge in [0, 0.05) is 72.8 Å². The summed E-state index contributed by atoms with van der Waals surface area (Å²) in [7, 11) is -14.7. The number of thioether (sulfide) groups is 3. The molecular formula is C88H106ClFN20O25P4S3. The number of hydrogen-bond acceptors (Lipinski definition) is 40. The fraction of sp³-hybridized carbons (Fsp3) is 0.352. The Labute approximate surface area is 828 Å². The average Bonchev–Trinajstić information content (AvgIpc) is 2.23. The molecule has 12 N–H and O–H groups in total. The Kier molecular flexibility index (Phi) is 41.9. The number of carbonyl (C=O) groups is 3. The molecule has 45 nitrogen and oxygen atoms in total. The minimum Gasteiger partial charge on any atom is -0.424 e. The van der Waals surface area contributed by atoms with Crippen LogP contribution in [0.2, 0.25) is 5.02 Å². The van der Waals surface area contributed by atoms with Gasteiger partial charge in [-0.05, 0) is 71.7 Å². The van der Waals surface area contributed by atoms with Crippen molar-refractivity contribution in [1.82, 2.24) is 78.1 Å². The molecule has 1 aliphatic rings. The number of benzene rings is 5. The largest absolute Gasteiger partial charge is 0.424 e. The van der Waals surface area contributed by atoms with Crippen LogP contribution in [0.5, 0.6) is 0 Å². The van der Waals surface area contributed by atoms with Gasteiger partial charge in [-0.3, -0.25) is 76.3 Å². The van der Waals surface area contributed by atoms with Gasteiger partial charge in [0.2, 0.25) is 23.8 Å². The van der Waals surface area contributed by atoms with Gasteiger partial charge in [0.25, 0.3) is 28.2 Å². The number of aryl methyl sites for hydroxylation is 1. The third-order valence-electron chi connectivity index (χ3n) is 19.4. The van der Waals surface area contributed by atoms with Gasteiger partial charge in [0.15, 0.2) is 71.5 Å². The highest BCUT2D eigenvalue weighted by molar-refractivity contribution is 8.14. The van der Waals surface area contributed by atoms with E-state index in [0.717, 1.165) is 52.0 Å². The topological polar surface area (TPSA) is 607 Å². The number of nitrogens with one attached hydrogen (secondary N) is 4. The number of rotatable bonds is 49. The van der Waals surface area contributed by atoms with Gasteiger partial charge in [-0.2, -0.15) is 19.9 Å². The van der Waals surface area contributed by atoms with Crippen molar-refractivity contribution in [2.45, 2.75) is 101 Å². The van der Waals surface area contributed by atoms with Crippen molar-refractivity contribution in [3.8, 4) is 0 Å². The van der Waals surface area contributed by atoms with Crippen LogP contribution in [0.4, 0.5) is 28.2 Å². The Morgan fingerprint density at radius 2 is 0.782 bits per heavy atom. The van der Waals surface area contributed by atoms with E-state index in [2.05, 4.69) is 66.4 Å². The van der Waals surface area contributed by atoms with Crippen LogP contribution < -0.4 is 45.2 Å². The molecule has 0 saturated carbocycles. The van der Waals surface area contributed by atoms with E-state index in [9.17, 15) is 56.2 Å². The quantitative estimate of drug-likeness (QED) is 0.0130. The lowest BCUT2D eigenvalue weighted by Crippen LogP contribution is -2.17. The molecular weight excluding hydrogens is 2010 g/mol. The van der Waals surface area contributed by atoms with Crippen molar-refractivity contribution in [1.29, 1.82) is 0 Å². The van der Waals surface area contributed by atoms with E-state index in [1.54, 1.807) is 68.5 Å². The maximum Gasteiger partial charge on any atom is 0.356 e. The second-order valence-electron chi connectivity index (χ2n) is 31.4. The molecule has 1 aliphatic heterocycles. The fourth-order valence-electron chi connectivity index (χ4n) is 12.3. The molecule has 13 aromatic rings. The van der Waals surface area contributed by atoms with Gasteiger partial charge in [0.05, 0.1) is 98.0 Å². The zero-order chi connectivity index (χ0) is 102. The highest BCUT2D eigenvalue weighted by Crippen LogP contribution is 2.53. The highest BCUT2D eigenvalue weighted by Gasteiger charge is 2.34. The number of anilines is 4. The molecule has 0 bridgehead atoms.